The van der Waals surface area contributed by atoms with Crippen LogP contribution in [0.3, 0.4) is 0 Å². The van der Waals surface area contributed by atoms with Gasteiger partial charge in [-0.15, -0.1) is 0 Å². The molecule has 0 atom stereocenters. The quantitative estimate of drug-likeness (QED) is 0.636. The lowest BCUT2D eigenvalue weighted by Crippen LogP contribution is -2.44. The predicted octanol–water partition coefficient (Wildman–Crippen LogP) is 2.26. The van der Waals surface area contributed by atoms with E-state index >= 15 is 0 Å². The maximum Gasteiger partial charge on any atom is 0.150 e. The van der Waals surface area contributed by atoms with Crippen LogP contribution in [0.15, 0.2) is 0 Å². The molecule has 0 saturated carbocycles. The molecule has 1 aliphatic heterocycles. The van der Waals surface area contributed by atoms with Crippen molar-refractivity contribution >= 4 is 16.9 Å². The zero-order valence-electron chi connectivity index (χ0n) is 8.57. The Kier molecular flexibility index (Phi) is 4.53. The van der Waals surface area contributed by atoms with Crippen molar-refractivity contribution < 1.29 is 4.43 Å². The van der Waals surface area contributed by atoms with Crippen LogP contribution in [0.5, 0.6) is 0 Å². The molecule has 0 aromatic heterocycles. The van der Waals surface area contributed by atoms with Gasteiger partial charge in [-0.3, -0.25) is 0 Å². The van der Waals surface area contributed by atoms with Crippen LogP contribution >= 0.6 is 0 Å². The smallest absolute Gasteiger partial charge is 0.150 e. The Labute approximate surface area is 79.6 Å². The van der Waals surface area contributed by atoms with Crippen molar-refractivity contribution in [1.29, 1.82) is 0 Å². The van der Waals surface area contributed by atoms with Crippen molar-refractivity contribution in [3.05, 3.63) is 0 Å². The first-order valence-corrected chi connectivity index (χ1v) is 10.8. The highest BCUT2D eigenvalue weighted by molar-refractivity contribution is 7.22. The Morgan fingerprint density at radius 2 is 1.92 bits per heavy atom. The molecule has 3 heteroatoms. The van der Waals surface area contributed by atoms with E-state index in [-0.39, 0.29) is 9.28 Å². The molecule has 1 nitrogen and oxygen atoms in total. The minimum atomic E-state index is -0.766. The lowest BCUT2D eigenvalue weighted by atomic mass is 10.3. The van der Waals surface area contributed by atoms with Crippen molar-refractivity contribution in [2.45, 2.75) is 50.7 Å². The first-order chi connectivity index (χ1) is 5.83. The lowest BCUT2D eigenvalue weighted by Gasteiger charge is -2.33. The Balaban J connectivity index is 2.44. The SMILES string of the molecule is CCC[Si]1([SiH2]OC)CCCCC1. The molecule has 0 spiro atoms. The number of hydrogen-bond donors (Lipinski definition) is 0. The van der Waals surface area contributed by atoms with Gasteiger partial charge in [-0.05, 0) is 0 Å². The molecule has 1 heterocycles. The maximum absolute atomic E-state index is 5.54. The summed E-state index contributed by atoms with van der Waals surface area (Å²) >= 11 is 0. The summed E-state index contributed by atoms with van der Waals surface area (Å²) in [6, 6.07) is 4.76. The molecular weight excluding hydrogens is 180 g/mol. The maximum atomic E-state index is 5.54. The predicted molar refractivity (Wildman–Crippen MR) is 59.9 cm³/mol. The second kappa shape index (κ2) is 5.19. The third kappa shape index (κ3) is 2.71. The monoisotopic (exact) mass is 202 g/mol. The molecule has 1 aliphatic rings. The Morgan fingerprint density at radius 1 is 1.25 bits per heavy atom. The van der Waals surface area contributed by atoms with Gasteiger partial charge in [0, 0.05) is 7.11 Å². The molecule has 0 N–H and O–H groups in total. The summed E-state index contributed by atoms with van der Waals surface area (Å²) in [5.41, 5.74) is 0. The van der Waals surface area contributed by atoms with E-state index in [2.05, 4.69) is 6.92 Å². The highest BCUT2D eigenvalue weighted by Gasteiger charge is 2.33. The second-order valence-electron chi connectivity index (χ2n) is 4.24. The van der Waals surface area contributed by atoms with Gasteiger partial charge in [0.2, 0.25) is 0 Å². The molecule has 0 aromatic rings. The molecule has 0 radical (unpaired) electrons. The summed E-state index contributed by atoms with van der Waals surface area (Å²) in [6.07, 6.45) is 5.93. The molecular formula is C9H22OSi2. The van der Waals surface area contributed by atoms with Gasteiger partial charge in [0.15, 0.2) is 9.28 Å². The fraction of sp³-hybridized carbons (Fsp3) is 1.00. The molecule has 0 unspecified atom stereocenters. The van der Waals surface area contributed by atoms with Crippen molar-refractivity contribution in [3.8, 4) is 0 Å². The lowest BCUT2D eigenvalue weighted by molar-refractivity contribution is 0.450. The van der Waals surface area contributed by atoms with Gasteiger partial charge in [-0.25, -0.2) is 0 Å². The van der Waals surface area contributed by atoms with Gasteiger partial charge in [0.25, 0.3) is 0 Å². The van der Waals surface area contributed by atoms with Gasteiger partial charge in [-0.1, -0.05) is 50.7 Å². The van der Waals surface area contributed by atoms with Gasteiger partial charge in [0.1, 0.15) is 0 Å². The first-order valence-electron chi connectivity index (χ1n) is 5.32. The third-order valence-corrected chi connectivity index (χ3v) is 14.3. The van der Waals surface area contributed by atoms with Crippen LogP contribution in [0.25, 0.3) is 0 Å². The van der Waals surface area contributed by atoms with Crippen LogP contribution in [0, 0.1) is 0 Å². The van der Waals surface area contributed by atoms with E-state index in [1.165, 1.54) is 25.7 Å². The normalized spacial score (nSPS) is 23.5. The molecule has 0 amide bonds. The van der Waals surface area contributed by atoms with Gasteiger partial charge in [-0.2, -0.15) is 0 Å². The molecule has 0 aliphatic carbocycles. The van der Waals surface area contributed by atoms with E-state index in [9.17, 15) is 0 Å². The fourth-order valence-corrected chi connectivity index (χ4v) is 13.2. The standard InChI is InChI=1S/C9H22OSi2/c1-3-7-12(11-10-2)8-5-4-6-9-12/h3-9,11H2,1-2H3. The van der Waals surface area contributed by atoms with Gasteiger partial charge >= 0.3 is 0 Å². The van der Waals surface area contributed by atoms with Gasteiger partial charge in [0.05, 0.1) is 7.59 Å². The van der Waals surface area contributed by atoms with E-state index in [1.54, 1.807) is 18.1 Å². The molecule has 72 valence electrons. The zero-order valence-corrected chi connectivity index (χ0v) is 11.0. The summed E-state index contributed by atoms with van der Waals surface area (Å²) < 4.78 is 5.54. The highest BCUT2D eigenvalue weighted by Crippen LogP contribution is 2.31. The molecule has 0 aromatic carbocycles. The van der Waals surface area contributed by atoms with E-state index in [4.69, 9.17) is 4.43 Å². The second-order valence-corrected chi connectivity index (χ2v) is 15.0. The van der Waals surface area contributed by atoms with Crippen molar-refractivity contribution in [1.82, 2.24) is 0 Å². The molecule has 1 saturated heterocycles. The van der Waals surface area contributed by atoms with Crippen molar-refractivity contribution in [2.24, 2.45) is 0 Å². The summed E-state index contributed by atoms with van der Waals surface area (Å²) in [4.78, 5) is 0. The van der Waals surface area contributed by atoms with Crippen molar-refractivity contribution in [2.75, 3.05) is 7.11 Å². The number of rotatable bonds is 4. The number of hydrogen-bond acceptors (Lipinski definition) is 1. The Morgan fingerprint density at radius 3 is 2.42 bits per heavy atom. The fourth-order valence-electron chi connectivity index (χ4n) is 2.60. The van der Waals surface area contributed by atoms with Crippen molar-refractivity contribution in [3.63, 3.8) is 0 Å². The van der Waals surface area contributed by atoms with Gasteiger partial charge < -0.3 is 4.43 Å². The van der Waals surface area contributed by atoms with Crippen LogP contribution < -0.4 is 0 Å². The summed E-state index contributed by atoms with van der Waals surface area (Å²) in [5.74, 6) is 0. The topological polar surface area (TPSA) is 9.23 Å². The first kappa shape index (κ1) is 10.5. The minimum absolute atomic E-state index is 0.103. The average molecular weight is 202 g/mol. The summed E-state index contributed by atoms with van der Waals surface area (Å²) in [7, 11) is 1.07. The van der Waals surface area contributed by atoms with Crippen LogP contribution in [0.1, 0.15) is 32.6 Å². The van der Waals surface area contributed by atoms with E-state index in [0.29, 0.717) is 0 Å². The average Bonchev–Trinajstić information content (AvgIpc) is 2.07. The Hall–Kier alpha value is 0.394. The van der Waals surface area contributed by atoms with E-state index in [0.717, 1.165) is 0 Å². The third-order valence-electron chi connectivity index (χ3n) is 3.15. The van der Waals surface area contributed by atoms with Crippen LogP contribution in [0.4, 0.5) is 0 Å². The zero-order chi connectivity index (χ0) is 8.86. The molecule has 1 rings (SSSR count). The van der Waals surface area contributed by atoms with Crippen LogP contribution in [-0.4, -0.2) is 24.0 Å². The Bertz CT molecular complexity index is 106. The highest BCUT2D eigenvalue weighted by atomic mass is 29.2. The largest absolute Gasteiger partial charge is 0.430 e. The molecule has 1 fully saturated rings. The summed E-state index contributed by atoms with van der Waals surface area (Å²) in [6.45, 7) is 2.34. The van der Waals surface area contributed by atoms with E-state index < -0.39 is 7.59 Å². The van der Waals surface area contributed by atoms with Crippen LogP contribution in [0.2, 0.25) is 18.1 Å². The van der Waals surface area contributed by atoms with E-state index in [1.807, 2.05) is 7.11 Å². The summed E-state index contributed by atoms with van der Waals surface area (Å²) in [5, 5.41) is 0. The molecule has 0 bridgehead atoms. The van der Waals surface area contributed by atoms with Crippen LogP contribution in [-0.2, 0) is 4.43 Å². The molecule has 12 heavy (non-hydrogen) atoms. The minimum Gasteiger partial charge on any atom is -0.430 e.